The average Bonchev–Trinajstić information content (AvgIpc) is 2.67. The Kier molecular flexibility index (Phi) is 2.63. The van der Waals surface area contributed by atoms with Crippen LogP contribution < -0.4 is 0 Å². The fourth-order valence-electron chi connectivity index (χ4n) is 1.14. The van der Waals surface area contributed by atoms with Gasteiger partial charge in [0, 0.05) is 10.9 Å². The summed E-state index contributed by atoms with van der Waals surface area (Å²) < 4.78 is 6.10. The van der Waals surface area contributed by atoms with Crippen molar-refractivity contribution in [2.75, 3.05) is 0 Å². The first kappa shape index (κ1) is 9.40. The molecule has 0 N–H and O–H groups in total. The van der Waals surface area contributed by atoms with Crippen LogP contribution in [0, 0.1) is 0 Å². The molecule has 2 rings (SSSR count). The minimum absolute atomic E-state index is 0.564. The molecule has 0 aliphatic carbocycles. The van der Waals surface area contributed by atoms with Crippen molar-refractivity contribution in [3.05, 3.63) is 34.6 Å². The van der Waals surface area contributed by atoms with Crippen LogP contribution in [0.2, 0.25) is 0 Å². The van der Waals surface area contributed by atoms with E-state index in [9.17, 15) is 0 Å². The molecule has 0 aliphatic rings. The summed E-state index contributed by atoms with van der Waals surface area (Å²) >= 11 is 3.44. The van der Waals surface area contributed by atoms with Crippen molar-refractivity contribution in [1.82, 2.24) is 10.1 Å². The molecule has 0 saturated heterocycles. The van der Waals surface area contributed by atoms with Gasteiger partial charge >= 0.3 is 0 Å². The Morgan fingerprint density at radius 1 is 1.36 bits per heavy atom. The maximum absolute atomic E-state index is 5.13. The third-order valence-corrected chi connectivity index (χ3v) is 2.58. The predicted octanol–water partition coefficient (Wildman–Crippen LogP) is 3.06. The smallest absolute Gasteiger partial charge is 0.259 e. The zero-order valence-corrected chi connectivity index (χ0v) is 9.28. The van der Waals surface area contributed by atoms with E-state index in [0.717, 1.165) is 22.3 Å². The molecule has 0 radical (unpaired) electrons. The van der Waals surface area contributed by atoms with Crippen LogP contribution in [0.15, 0.2) is 33.3 Å². The molecule has 0 amide bonds. The third-order valence-electron chi connectivity index (χ3n) is 1.89. The molecule has 0 fully saturated rings. The summed E-state index contributed by atoms with van der Waals surface area (Å²) in [6.07, 6.45) is 0.786. The van der Waals surface area contributed by atoms with Gasteiger partial charge in [-0.25, -0.2) is 0 Å². The lowest BCUT2D eigenvalue weighted by Crippen LogP contribution is -1.82. The Balaban J connectivity index is 2.44. The van der Waals surface area contributed by atoms with E-state index in [1.807, 2.05) is 31.2 Å². The fraction of sp³-hybridized carbons (Fsp3) is 0.200. The molecule has 0 unspecified atom stereocenters. The maximum atomic E-state index is 5.13. The van der Waals surface area contributed by atoms with Crippen molar-refractivity contribution in [2.24, 2.45) is 0 Å². The molecule has 3 nitrogen and oxygen atoms in total. The average molecular weight is 253 g/mol. The molecule has 0 bridgehead atoms. The molecule has 1 heterocycles. The molecule has 72 valence electrons. The van der Waals surface area contributed by atoms with Crippen molar-refractivity contribution in [2.45, 2.75) is 13.3 Å². The minimum atomic E-state index is 0.564. The van der Waals surface area contributed by atoms with Gasteiger partial charge in [-0.05, 0) is 28.1 Å². The molecular formula is C10H9BrN2O. The maximum Gasteiger partial charge on any atom is 0.259 e. The first-order valence-corrected chi connectivity index (χ1v) is 5.18. The second-order valence-corrected chi connectivity index (χ2v) is 3.70. The van der Waals surface area contributed by atoms with Crippen molar-refractivity contribution in [3.63, 3.8) is 0 Å². The van der Waals surface area contributed by atoms with Crippen LogP contribution in [-0.2, 0) is 6.42 Å². The number of hydrogen-bond acceptors (Lipinski definition) is 3. The summed E-state index contributed by atoms with van der Waals surface area (Å²) in [5, 5.41) is 3.85. The first-order chi connectivity index (χ1) is 6.81. The standard InChI is InChI=1S/C10H9BrN2O/c1-2-9-12-10(14-13-9)7-5-3-4-6-8(7)11/h3-6H,2H2,1H3. The third kappa shape index (κ3) is 1.70. The number of nitrogens with zero attached hydrogens (tertiary/aromatic N) is 2. The number of aryl methyl sites for hydroxylation is 1. The summed E-state index contributed by atoms with van der Waals surface area (Å²) in [6.45, 7) is 1.99. The zero-order valence-electron chi connectivity index (χ0n) is 7.70. The van der Waals surface area contributed by atoms with Crippen LogP contribution in [0.4, 0.5) is 0 Å². The molecule has 1 aromatic carbocycles. The highest BCUT2D eigenvalue weighted by Crippen LogP contribution is 2.26. The van der Waals surface area contributed by atoms with Gasteiger partial charge < -0.3 is 4.52 Å². The SMILES string of the molecule is CCc1noc(-c2ccccc2Br)n1. The second-order valence-electron chi connectivity index (χ2n) is 2.85. The number of rotatable bonds is 2. The molecule has 0 aliphatic heterocycles. The fourth-order valence-corrected chi connectivity index (χ4v) is 1.60. The lowest BCUT2D eigenvalue weighted by Gasteiger charge is -1.95. The highest BCUT2D eigenvalue weighted by molar-refractivity contribution is 9.10. The molecule has 1 aromatic heterocycles. The Labute approximate surface area is 90.3 Å². The summed E-state index contributed by atoms with van der Waals surface area (Å²) in [7, 11) is 0. The largest absolute Gasteiger partial charge is 0.334 e. The van der Waals surface area contributed by atoms with Crippen LogP contribution >= 0.6 is 15.9 Å². The molecular weight excluding hydrogens is 244 g/mol. The molecule has 0 saturated carbocycles. The van der Waals surface area contributed by atoms with E-state index in [4.69, 9.17) is 4.52 Å². The molecule has 2 aromatic rings. The van der Waals surface area contributed by atoms with Crippen LogP contribution in [0.25, 0.3) is 11.5 Å². The van der Waals surface area contributed by atoms with Crippen molar-refractivity contribution >= 4 is 15.9 Å². The summed E-state index contributed by atoms with van der Waals surface area (Å²) in [4.78, 5) is 4.25. The van der Waals surface area contributed by atoms with E-state index < -0.39 is 0 Å². The normalized spacial score (nSPS) is 10.4. The lowest BCUT2D eigenvalue weighted by molar-refractivity contribution is 0.423. The highest BCUT2D eigenvalue weighted by Gasteiger charge is 2.09. The van der Waals surface area contributed by atoms with E-state index in [-0.39, 0.29) is 0 Å². The summed E-state index contributed by atoms with van der Waals surface area (Å²) in [5.41, 5.74) is 0.930. The Morgan fingerprint density at radius 3 is 2.79 bits per heavy atom. The summed E-state index contributed by atoms with van der Waals surface area (Å²) in [6, 6.07) is 7.78. The van der Waals surface area contributed by atoms with Crippen molar-refractivity contribution in [3.8, 4) is 11.5 Å². The van der Waals surface area contributed by atoms with Gasteiger partial charge in [-0.1, -0.05) is 24.2 Å². The van der Waals surface area contributed by atoms with Crippen molar-refractivity contribution < 1.29 is 4.52 Å². The minimum Gasteiger partial charge on any atom is -0.334 e. The van der Waals surface area contributed by atoms with Gasteiger partial charge in [0.05, 0.1) is 5.56 Å². The highest BCUT2D eigenvalue weighted by atomic mass is 79.9. The van der Waals surface area contributed by atoms with Gasteiger partial charge in [-0.2, -0.15) is 4.98 Å². The Morgan fingerprint density at radius 2 is 2.14 bits per heavy atom. The number of halogens is 1. The molecule has 14 heavy (non-hydrogen) atoms. The van der Waals surface area contributed by atoms with Gasteiger partial charge in [0.2, 0.25) is 0 Å². The molecule has 0 spiro atoms. The van der Waals surface area contributed by atoms with E-state index in [2.05, 4.69) is 26.1 Å². The number of benzene rings is 1. The van der Waals surface area contributed by atoms with Gasteiger partial charge in [-0.15, -0.1) is 0 Å². The second kappa shape index (κ2) is 3.92. The first-order valence-electron chi connectivity index (χ1n) is 4.38. The van der Waals surface area contributed by atoms with Gasteiger partial charge in [-0.3, -0.25) is 0 Å². The summed E-state index contributed by atoms with van der Waals surface area (Å²) in [5.74, 6) is 1.30. The monoisotopic (exact) mass is 252 g/mol. The van der Waals surface area contributed by atoms with Gasteiger partial charge in [0.1, 0.15) is 0 Å². The topological polar surface area (TPSA) is 38.9 Å². The quantitative estimate of drug-likeness (QED) is 0.825. The van der Waals surface area contributed by atoms with Crippen LogP contribution in [0.5, 0.6) is 0 Å². The van der Waals surface area contributed by atoms with Crippen molar-refractivity contribution in [1.29, 1.82) is 0 Å². The lowest BCUT2D eigenvalue weighted by atomic mass is 10.2. The molecule has 4 heteroatoms. The number of hydrogen-bond donors (Lipinski definition) is 0. The predicted molar refractivity (Wildman–Crippen MR) is 56.8 cm³/mol. The van der Waals surface area contributed by atoms with E-state index in [0.29, 0.717) is 5.89 Å². The van der Waals surface area contributed by atoms with Crippen LogP contribution in [0.3, 0.4) is 0 Å². The van der Waals surface area contributed by atoms with Gasteiger partial charge in [0.15, 0.2) is 5.82 Å². The Hall–Kier alpha value is -1.16. The number of aromatic nitrogens is 2. The van der Waals surface area contributed by atoms with E-state index in [1.165, 1.54) is 0 Å². The Bertz CT molecular complexity index is 439. The molecule has 0 atom stereocenters. The van der Waals surface area contributed by atoms with Crippen LogP contribution in [0.1, 0.15) is 12.7 Å². The van der Waals surface area contributed by atoms with E-state index >= 15 is 0 Å². The van der Waals surface area contributed by atoms with Gasteiger partial charge in [0.25, 0.3) is 5.89 Å². The zero-order chi connectivity index (χ0) is 9.97. The van der Waals surface area contributed by atoms with E-state index in [1.54, 1.807) is 0 Å². The van der Waals surface area contributed by atoms with Crippen LogP contribution in [-0.4, -0.2) is 10.1 Å².